The summed E-state index contributed by atoms with van der Waals surface area (Å²) in [4.78, 5) is 0. The largest absolute Gasteiger partial charge is 0.354 e. The van der Waals surface area contributed by atoms with Gasteiger partial charge in [-0.1, -0.05) is 26.2 Å². The van der Waals surface area contributed by atoms with Crippen LogP contribution in [0.2, 0.25) is 0 Å². The molecule has 1 aromatic rings. The molecule has 0 aliphatic heterocycles. The van der Waals surface area contributed by atoms with Crippen LogP contribution in [-0.2, 0) is 13.1 Å². The number of aromatic nitrogens is 1. The lowest BCUT2D eigenvalue weighted by molar-refractivity contribution is 0.424. The normalized spacial score (nSPS) is 12.0. The number of nitrogens with zero attached hydrogens (tertiary/aromatic N) is 1. The second-order valence-corrected chi connectivity index (χ2v) is 5.92. The third kappa shape index (κ3) is 6.52. The van der Waals surface area contributed by atoms with Crippen LogP contribution in [0.1, 0.15) is 58.9 Å². The van der Waals surface area contributed by atoms with Crippen molar-refractivity contribution >= 4 is 0 Å². The minimum atomic E-state index is 0.198. The van der Waals surface area contributed by atoms with Gasteiger partial charge < -0.3 is 9.88 Å². The molecule has 0 bridgehead atoms. The van der Waals surface area contributed by atoms with Gasteiger partial charge in [0.1, 0.15) is 0 Å². The van der Waals surface area contributed by atoms with Gasteiger partial charge in [-0.3, -0.25) is 0 Å². The van der Waals surface area contributed by atoms with Gasteiger partial charge in [-0.2, -0.15) is 0 Å². The molecule has 2 heteroatoms. The van der Waals surface area contributed by atoms with Gasteiger partial charge in [-0.15, -0.1) is 0 Å². The van der Waals surface area contributed by atoms with E-state index in [1.54, 1.807) is 0 Å². The van der Waals surface area contributed by atoms with Crippen molar-refractivity contribution in [3.8, 4) is 0 Å². The van der Waals surface area contributed by atoms with Gasteiger partial charge >= 0.3 is 0 Å². The minimum Gasteiger partial charge on any atom is -0.354 e. The molecule has 0 aromatic carbocycles. The summed E-state index contributed by atoms with van der Waals surface area (Å²) in [6, 6.07) is 2.22. The van der Waals surface area contributed by atoms with Crippen LogP contribution in [0.4, 0.5) is 0 Å². The standard InChI is InChI=1S/C15H28N2/c1-5-6-7-8-10-17-11-9-14(13-17)12-16-15(2,3)4/h9,11,13,16H,5-8,10,12H2,1-4H3. The van der Waals surface area contributed by atoms with Crippen LogP contribution >= 0.6 is 0 Å². The molecule has 0 unspecified atom stereocenters. The number of nitrogens with one attached hydrogen (secondary N) is 1. The van der Waals surface area contributed by atoms with Gasteiger partial charge in [0, 0.05) is 31.0 Å². The molecule has 1 aromatic heterocycles. The van der Waals surface area contributed by atoms with Crippen LogP contribution in [0.3, 0.4) is 0 Å². The zero-order valence-corrected chi connectivity index (χ0v) is 11.9. The van der Waals surface area contributed by atoms with Gasteiger partial charge in [-0.05, 0) is 38.8 Å². The van der Waals surface area contributed by atoms with E-state index in [9.17, 15) is 0 Å². The Morgan fingerprint density at radius 2 is 1.94 bits per heavy atom. The molecule has 1 heterocycles. The first-order chi connectivity index (χ1) is 8.01. The topological polar surface area (TPSA) is 17.0 Å². The molecular weight excluding hydrogens is 208 g/mol. The lowest BCUT2D eigenvalue weighted by atomic mass is 10.1. The first kappa shape index (κ1) is 14.3. The van der Waals surface area contributed by atoms with Crippen molar-refractivity contribution in [1.82, 2.24) is 9.88 Å². The smallest absolute Gasteiger partial charge is 0.0225 e. The SMILES string of the molecule is CCCCCCn1ccc(CNC(C)(C)C)c1. The monoisotopic (exact) mass is 236 g/mol. The molecule has 0 aliphatic carbocycles. The second kappa shape index (κ2) is 6.85. The van der Waals surface area contributed by atoms with E-state index in [1.807, 2.05) is 0 Å². The number of aryl methyl sites for hydroxylation is 1. The van der Waals surface area contributed by atoms with E-state index in [4.69, 9.17) is 0 Å². The molecule has 17 heavy (non-hydrogen) atoms. The fraction of sp³-hybridized carbons (Fsp3) is 0.733. The predicted molar refractivity (Wildman–Crippen MR) is 75.2 cm³/mol. The van der Waals surface area contributed by atoms with Crippen LogP contribution in [0, 0.1) is 0 Å². The summed E-state index contributed by atoms with van der Waals surface area (Å²) in [5.74, 6) is 0. The van der Waals surface area contributed by atoms with Crippen molar-refractivity contribution in [1.29, 1.82) is 0 Å². The summed E-state index contributed by atoms with van der Waals surface area (Å²) in [7, 11) is 0. The Bertz CT molecular complexity index is 307. The summed E-state index contributed by atoms with van der Waals surface area (Å²) in [6.07, 6.45) is 9.79. The van der Waals surface area contributed by atoms with E-state index < -0.39 is 0 Å². The quantitative estimate of drug-likeness (QED) is 0.709. The zero-order chi connectivity index (χ0) is 12.7. The Morgan fingerprint density at radius 1 is 1.18 bits per heavy atom. The van der Waals surface area contributed by atoms with Crippen LogP contribution in [-0.4, -0.2) is 10.1 Å². The third-order valence-electron chi connectivity index (χ3n) is 2.90. The molecule has 0 saturated heterocycles. The Labute approximate surface area is 106 Å². The maximum absolute atomic E-state index is 3.51. The molecule has 0 atom stereocenters. The van der Waals surface area contributed by atoms with E-state index in [1.165, 1.54) is 31.2 Å². The maximum atomic E-state index is 3.51. The van der Waals surface area contributed by atoms with Crippen molar-refractivity contribution in [2.75, 3.05) is 0 Å². The van der Waals surface area contributed by atoms with Crippen molar-refractivity contribution < 1.29 is 0 Å². The highest BCUT2D eigenvalue weighted by Crippen LogP contribution is 2.07. The number of unbranched alkanes of at least 4 members (excludes halogenated alkanes) is 3. The lowest BCUT2D eigenvalue weighted by Gasteiger charge is -2.19. The van der Waals surface area contributed by atoms with Gasteiger partial charge in [0.2, 0.25) is 0 Å². The van der Waals surface area contributed by atoms with Crippen molar-refractivity contribution in [3.63, 3.8) is 0 Å². The van der Waals surface area contributed by atoms with Gasteiger partial charge in [-0.25, -0.2) is 0 Å². The fourth-order valence-corrected chi connectivity index (χ4v) is 1.82. The lowest BCUT2D eigenvalue weighted by Crippen LogP contribution is -2.34. The Balaban J connectivity index is 2.28. The number of rotatable bonds is 7. The molecule has 98 valence electrons. The van der Waals surface area contributed by atoms with Crippen molar-refractivity contribution in [2.45, 2.75) is 72.0 Å². The second-order valence-electron chi connectivity index (χ2n) is 5.92. The van der Waals surface area contributed by atoms with E-state index in [2.05, 4.69) is 56.0 Å². The summed E-state index contributed by atoms with van der Waals surface area (Å²) in [5.41, 5.74) is 1.58. The molecule has 0 amide bonds. The van der Waals surface area contributed by atoms with Gasteiger partial charge in [0.05, 0.1) is 0 Å². The number of hydrogen-bond acceptors (Lipinski definition) is 1. The van der Waals surface area contributed by atoms with Gasteiger partial charge in [0.25, 0.3) is 0 Å². The number of hydrogen-bond donors (Lipinski definition) is 1. The van der Waals surface area contributed by atoms with E-state index in [-0.39, 0.29) is 5.54 Å². The zero-order valence-electron chi connectivity index (χ0n) is 11.9. The van der Waals surface area contributed by atoms with E-state index in [0.29, 0.717) is 0 Å². The highest BCUT2D eigenvalue weighted by Gasteiger charge is 2.08. The van der Waals surface area contributed by atoms with Crippen LogP contribution in [0.15, 0.2) is 18.5 Å². The Hall–Kier alpha value is -0.760. The van der Waals surface area contributed by atoms with Crippen molar-refractivity contribution in [3.05, 3.63) is 24.0 Å². The summed E-state index contributed by atoms with van der Waals surface area (Å²) < 4.78 is 2.31. The molecule has 0 saturated carbocycles. The first-order valence-electron chi connectivity index (χ1n) is 6.91. The average molecular weight is 236 g/mol. The molecule has 1 rings (SSSR count). The Kier molecular flexibility index (Phi) is 5.76. The van der Waals surface area contributed by atoms with Gasteiger partial charge in [0.15, 0.2) is 0 Å². The van der Waals surface area contributed by atoms with E-state index >= 15 is 0 Å². The molecule has 1 N–H and O–H groups in total. The predicted octanol–water partition coefficient (Wildman–Crippen LogP) is 3.96. The van der Waals surface area contributed by atoms with Crippen LogP contribution in [0.5, 0.6) is 0 Å². The third-order valence-corrected chi connectivity index (χ3v) is 2.90. The highest BCUT2D eigenvalue weighted by atomic mass is 15.0. The van der Waals surface area contributed by atoms with Crippen molar-refractivity contribution in [2.24, 2.45) is 0 Å². The molecule has 0 fully saturated rings. The Morgan fingerprint density at radius 3 is 2.59 bits per heavy atom. The van der Waals surface area contributed by atoms with Crippen LogP contribution < -0.4 is 5.32 Å². The molecule has 0 spiro atoms. The highest BCUT2D eigenvalue weighted by molar-refractivity contribution is 5.10. The molecule has 2 nitrogen and oxygen atoms in total. The fourth-order valence-electron chi connectivity index (χ4n) is 1.82. The molecule has 0 aliphatic rings. The first-order valence-corrected chi connectivity index (χ1v) is 6.91. The van der Waals surface area contributed by atoms with E-state index in [0.717, 1.165) is 13.1 Å². The minimum absolute atomic E-state index is 0.198. The average Bonchev–Trinajstić information content (AvgIpc) is 2.69. The maximum Gasteiger partial charge on any atom is 0.0225 e. The summed E-state index contributed by atoms with van der Waals surface area (Å²) >= 11 is 0. The molecule has 0 radical (unpaired) electrons. The van der Waals surface area contributed by atoms with Crippen LogP contribution in [0.25, 0.3) is 0 Å². The summed E-state index contributed by atoms with van der Waals surface area (Å²) in [6.45, 7) is 11.0. The molecular formula is C15H28N2. The summed E-state index contributed by atoms with van der Waals surface area (Å²) in [5, 5.41) is 3.51.